The van der Waals surface area contributed by atoms with Crippen molar-refractivity contribution < 1.29 is 9.13 Å². The van der Waals surface area contributed by atoms with Crippen LogP contribution in [0, 0.1) is 5.82 Å². The van der Waals surface area contributed by atoms with Crippen molar-refractivity contribution in [2.75, 3.05) is 27.2 Å². The van der Waals surface area contributed by atoms with Crippen LogP contribution in [0.3, 0.4) is 0 Å². The molecular weight excluding hydrogens is 243 g/mol. The van der Waals surface area contributed by atoms with Crippen molar-refractivity contribution in [3.05, 3.63) is 29.6 Å². The summed E-state index contributed by atoms with van der Waals surface area (Å²) < 4.78 is 19.4. The van der Waals surface area contributed by atoms with Crippen molar-refractivity contribution in [3.63, 3.8) is 0 Å². The van der Waals surface area contributed by atoms with Gasteiger partial charge in [-0.05, 0) is 26.6 Å². The number of hydrogen-bond donors (Lipinski definition) is 1. The second-order valence-corrected chi connectivity index (χ2v) is 5.27. The lowest BCUT2D eigenvalue weighted by molar-refractivity contribution is 0.268. The summed E-state index contributed by atoms with van der Waals surface area (Å²) in [6.45, 7) is 6.23. The molecule has 1 aromatic rings. The van der Waals surface area contributed by atoms with E-state index in [4.69, 9.17) is 4.74 Å². The fraction of sp³-hybridized carbons (Fsp3) is 0.600. The Labute approximate surface area is 115 Å². The van der Waals surface area contributed by atoms with Crippen LogP contribution in [0.2, 0.25) is 0 Å². The van der Waals surface area contributed by atoms with Gasteiger partial charge in [0.2, 0.25) is 0 Å². The topological polar surface area (TPSA) is 24.5 Å². The number of benzene rings is 1. The summed E-state index contributed by atoms with van der Waals surface area (Å²) in [4.78, 5) is 2.09. The highest BCUT2D eigenvalue weighted by molar-refractivity contribution is 5.34. The SMILES string of the molecule is CC(C)NCc1cccc(F)c1OCCCN(C)C. The number of para-hydroxylation sites is 1. The first kappa shape index (κ1) is 15.9. The molecule has 0 aromatic heterocycles. The lowest BCUT2D eigenvalue weighted by Crippen LogP contribution is -2.22. The summed E-state index contributed by atoms with van der Waals surface area (Å²) >= 11 is 0. The molecule has 0 aliphatic heterocycles. The number of rotatable bonds is 8. The zero-order chi connectivity index (χ0) is 14.3. The van der Waals surface area contributed by atoms with E-state index in [0.29, 0.717) is 24.9 Å². The van der Waals surface area contributed by atoms with Crippen molar-refractivity contribution >= 4 is 0 Å². The molecule has 108 valence electrons. The molecule has 0 amide bonds. The molecule has 0 aliphatic rings. The van der Waals surface area contributed by atoms with E-state index in [1.165, 1.54) is 6.07 Å². The number of halogens is 1. The average Bonchev–Trinajstić information content (AvgIpc) is 2.33. The summed E-state index contributed by atoms with van der Waals surface area (Å²) in [5.74, 6) is 0.0994. The van der Waals surface area contributed by atoms with E-state index in [-0.39, 0.29) is 5.82 Å². The fourth-order valence-corrected chi connectivity index (χ4v) is 1.72. The van der Waals surface area contributed by atoms with Gasteiger partial charge in [-0.25, -0.2) is 4.39 Å². The predicted octanol–water partition coefficient (Wildman–Crippen LogP) is 2.65. The van der Waals surface area contributed by atoms with Gasteiger partial charge in [0.05, 0.1) is 6.61 Å². The zero-order valence-electron chi connectivity index (χ0n) is 12.4. The Balaban J connectivity index is 2.58. The first-order valence-corrected chi connectivity index (χ1v) is 6.79. The van der Waals surface area contributed by atoms with Gasteiger partial charge < -0.3 is 15.0 Å². The van der Waals surface area contributed by atoms with Crippen LogP contribution < -0.4 is 10.1 Å². The molecule has 0 aliphatic carbocycles. The lowest BCUT2D eigenvalue weighted by atomic mass is 10.2. The summed E-state index contributed by atoms with van der Waals surface area (Å²) in [6.07, 6.45) is 0.887. The quantitative estimate of drug-likeness (QED) is 0.734. The molecule has 1 rings (SSSR count). The Morgan fingerprint density at radius 2 is 2.05 bits per heavy atom. The van der Waals surface area contributed by atoms with Gasteiger partial charge >= 0.3 is 0 Å². The predicted molar refractivity (Wildman–Crippen MR) is 77.0 cm³/mol. The highest BCUT2D eigenvalue weighted by Gasteiger charge is 2.10. The summed E-state index contributed by atoms with van der Waals surface area (Å²) in [5, 5.41) is 3.28. The van der Waals surface area contributed by atoms with Gasteiger partial charge in [-0.2, -0.15) is 0 Å². The lowest BCUT2D eigenvalue weighted by Gasteiger charge is -2.15. The van der Waals surface area contributed by atoms with Crippen LogP contribution in [0.5, 0.6) is 5.75 Å². The first-order valence-electron chi connectivity index (χ1n) is 6.79. The van der Waals surface area contributed by atoms with Crippen LogP contribution in [0.15, 0.2) is 18.2 Å². The van der Waals surface area contributed by atoms with Gasteiger partial charge in [0.1, 0.15) is 0 Å². The number of nitrogens with one attached hydrogen (secondary N) is 1. The van der Waals surface area contributed by atoms with Crippen LogP contribution in [-0.2, 0) is 6.54 Å². The van der Waals surface area contributed by atoms with E-state index in [2.05, 4.69) is 24.1 Å². The van der Waals surface area contributed by atoms with Crippen molar-refractivity contribution in [1.29, 1.82) is 0 Å². The molecule has 0 saturated heterocycles. The van der Waals surface area contributed by atoms with Gasteiger partial charge in [0.25, 0.3) is 0 Å². The second kappa shape index (κ2) is 8.12. The van der Waals surface area contributed by atoms with E-state index in [1.807, 2.05) is 20.2 Å². The summed E-state index contributed by atoms with van der Waals surface area (Å²) in [6, 6.07) is 5.43. The van der Waals surface area contributed by atoms with Gasteiger partial charge in [0.15, 0.2) is 11.6 Å². The van der Waals surface area contributed by atoms with E-state index in [0.717, 1.165) is 18.5 Å². The zero-order valence-corrected chi connectivity index (χ0v) is 12.4. The molecule has 1 aromatic carbocycles. The molecule has 19 heavy (non-hydrogen) atoms. The molecule has 0 unspecified atom stereocenters. The molecule has 3 nitrogen and oxygen atoms in total. The van der Waals surface area contributed by atoms with Crippen molar-refractivity contribution in [2.45, 2.75) is 32.9 Å². The molecule has 0 atom stereocenters. The standard InChI is InChI=1S/C15H25FN2O/c1-12(2)17-11-13-7-5-8-14(16)15(13)19-10-6-9-18(3)4/h5,7-8,12,17H,6,9-11H2,1-4H3. The van der Waals surface area contributed by atoms with E-state index in [1.54, 1.807) is 6.07 Å². The van der Waals surface area contributed by atoms with Gasteiger partial charge in [-0.1, -0.05) is 26.0 Å². The minimum absolute atomic E-state index is 0.284. The summed E-state index contributed by atoms with van der Waals surface area (Å²) in [5.41, 5.74) is 0.874. The highest BCUT2D eigenvalue weighted by Crippen LogP contribution is 2.22. The van der Waals surface area contributed by atoms with Crippen molar-refractivity contribution in [1.82, 2.24) is 10.2 Å². The van der Waals surface area contributed by atoms with E-state index in [9.17, 15) is 4.39 Å². The molecule has 0 heterocycles. The highest BCUT2D eigenvalue weighted by atomic mass is 19.1. The molecular formula is C15H25FN2O. The summed E-state index contributed by atoms with van der Waals surface area (Å²) in [7, 11) is 4.03. The number of ether oxygens (including phenoxy) is 1. The molecule has 0 saturated carbocycles. The Kier molecular flexibility index (Phi) is 6.81. The van der Waals surface area contributed by atoms with Crippen LogP contribution in [-0.4, -0.2) is 38.2 Å². The molecule has 0 radical (unpaired) electrons. The van der Waals surface area contributed by atoms with Crippen molar-refractivity contribution in [2.24, 2.45) is 0 Å². The van der Waals surface area contributed by atoms with Crippen LogP contribution in [0.25, 0.3) is 0 Å². The third-order valence-corrected chi connectivity index (χ3v) is 2.75. The Hall–Kier alpha value is -1.13. The molecule has 4 heteroatoms. The normalized spacial score (nSPS) is 11.3. The Morgan fingerprint density at radius 1 is 1.32 bits per heavy atom. The number of hydrogen-bond acceptors (Lipinski definition) is 3. The first-order chi connectivity index (χ1) is 9.00. The monoisotopic (exact) mass is 268 g/mol. The maximum absolute atomic E-state index is 13.8. The Morgan fingerprint density at radius 3 is 2.68 bits per heavy atom. The maximum Gasteiger partial charge on any atom is 0.165 e. The largest absolute Gasteiger partial charge is 0.490 e. The number of nitrogens with zero attached hydrogens (tertiary/aromatic N) is 1. The van der Waals surface area contributed by atoms with Crippen LogP contribution in [0.4, 0.5) is 4.39 Å². The minimum Gasteiger partial charge on any atom is -0.490 e. The molecule has 0 fully saturated rings. The smallest absolute Gasteiger partial charge is 0.165 e. The molecule has 0 spiro atoms. The average molecular weight is 268 g/mol. The van der Waals surface area contributed by atoms with E-state index < -0.39 is 0 Å². The molecule has 0 bridgehead atoms. The Bertz CT molecular complexity index is 380. The third-order valence-electron chi connectivity index (χ3n) is 2.75. The molecule has 1 N–H and O–H groups in total. The third kappa shape index (κ3) is 6.03. The van der Waals surface area contributed by atoms with Crippen LogP contribution in [0.1, 0.15) is 25.8 Å². The van der Waals surface area contributed by atoms with Crippen molar-refractivity contribution in [3.8, 4) is 5.75 Å². The van der Waals surface area contributed by atoms with Gasteiger partial charge in [-0.3, -0.25) is 0 Å². The minimum atomic E-state index is -0.284. The van der Waals surface area contributed by atoms with E-state index >= 15 is 0 Å². The fourth-order valence-electron chi connectivity index (χ4n) is 1.72. The van der Waals surface area contributed by atoms with Crippen LogP contribution >= 0.6 is 0 Å². The maximum atomic E-state index is 13.8. The van der Waals surface area contributed by atoms with Gasteiger partial charge in [-0.15, -0.1) is 0 Å². The van der Waals surface area contributed by atoms with Gasteiger partial charge in [0, 0.05) is 24.7 Å². The second-order valence-electron chi connectivity index (χ2n) is 5.27.